The van der Waals surface area contributed by atoms with Gasteiger partial charge in [0.2, 0.25) is 5.76 Å². The highest BCUT2D eigenvalue weighted by Crippen LogP contribution is 2.38. The van der Waals surface area contributed by atoms with Crippen LogP contribution in [0.1, 0.15) is 24.4 Å². The highest BCUT2D eigenvalue weighted by molar-refractivity contribution is 5.86. The van der Waals surface area contributed by atoms with Gasteiger partial charge in [0.25, 0.3) is 0 Å². The average molecular weight is 277 g/mol. The van der Waals surface area contributed by atoms with Gasteiger partial charge in [-0.25, -0.2) is 4.79 Å². The number of carboxylic acids is 1. The second-order valence-electron chi connectivity index (χ2n) is 4.38. The quantitative estimate of drug-likeness (QED) is 0.905. The number of rotatable bonds is 5. The fraction of sp³-hybridized carbons (Fsp3) is 0.286. The first-order valence-electron chi connectivity index (χ1n) is 6.07. The maximum absolute atomic E-state index is 10.9. The van der Waals surface area contributed by atoms with Gasteiger partial charge in [0, 0.05) is 6.07 Å². The molecular weight excluding hydrogens is 262 g/mol. The number of carbonyl (C=O) groups is 1. The van der Waals surface area contributed by atoms with Crippen LogP contribution >= 0.6 is 0 Å². The summed E-state index contributed by atoms with van der Waals surface area (Å²) in [6.07, 6.45) is -0.0355. The molecule has 20 heavy (non-hydrogen) atoms. The Morgan fingerprint density at radius 3 is 2.60 bits per heavy atom. The number of benzene rings is 1. The molecule has 0 spiro atoms. The minimum Gasteiger partial charge on any atom is -0.496 e. The van der Waals surface area contributed by atoms with Crippen molar-refractivity contribution in [2.75, 3.05) is 7.11 Å². The summed E-state index contributed by atoms with van der Waals surface area (Å²) in [4.78, 5) is 10.9. The van der Waals surface area contributed by atoms with Crippen LogP contribution in [0.4, 0.5) is 0 Å². The monoisotopic (exact) mass is 277 g/mol. The van der Waals surface area contributed by atoms with Crippen LogP contribution in [-0.4, -0.2) is 29.4 Å². The predicted molar refractivity (Wildman–Crippen MR) is 71.2 cm³/mol. The second kappa shape index (κ2) is 5.64. The summed E-state index contributed by atoms with van der Waals surface area (Å²) in [7, 11) is 1.52. The molecule has 2 aromatic rings. The van der Waals surface area contributed by atoms with Gasteiger partial charge in [0.1, 0.15) is 17.2 Å². The normalized spacial score (nSPS) is 10.6. The van der Waals surface area contributed by atoms with Gasteiger partial charge in [-0.1, -0.05) is 11.2 Å². The predicted octanol–water partition coefficient (Wildman–Crippen LogP) is 2.84. The van der Waals surface area contributed by atoms with E-state index in [-0.39, 0.29) is 11.9 Å². The number of methoxy groups -OCH3 is 1. The molecule has 1 heterocycles. The topological polar surface area (TPSA) is 81.8 Å². The third kappa shape index (κ3) is 2.74. The zero-order valence-electron chi connectivity index (χ0n) is 11.4. The van der Waals surface area contributed by atoms with Gasteiger partial charge in [0.15, 0.2) is 0 Å². The van der Waals surface area contributed by atoms with Crippen LogP contribution in [0.25, 0.3) is 11.3 Å². The van der Waals surface area contributed by atoms with E-state index in [1.807, 2.05) is 13.8 Å². The highest BCUT2D eigenvalue weighted by Gasteiger charge is 2.20. The molecule has 6 heteroatoms. The fourth-order valence-corrected chi connectivity index (χ4v) is 1.78. The van der Waals surface area contributed by atoms with Crippen molar-refractivity contribution < 1.29 is 23.9 Å². The van der Waals surface area contributed by atoms with Crippen molar-refractivity contribution in [1.82, 2.24) is 5.16 Å². The van der Waals surface area contributed by atoms with E-state index in [2.05, 4.69) is 5.16 Å². The van der Waals surface area contributed by atoms with E-state index >= 15 is 0 Å². The summed E-state index contributed by atoms with van der Waals surface area (Å²) in [5.41, 5.74) is 0.926. The first kappa shape index (κ1) is 13.9. The lowest BCUT2D eigenvalue weighted by Gasteiger charge is -2.15. The Morgan fingerprint density at radius 2 is 2.05 bits per heavy atom. The summed E-state index contributed by atoms with van der Waals surface area (Å²) < 4.78 is 15.8. The van der Waals surface area contributed by atoms with Crippen molar-refractivity contribution in [2.45, 2.75) is 20.0 Å². The molecule has 0 fully saturated rings. The lowest BCUT2D eigenvalue weighted by Crippen LogP contribution is -2.07. The molecule has 0 aliphatic heterocycles. The first-order valence-corrected chi connectivity index (χ1v) is 6.07. The van der Waals surface area contributed by atoms with Gasteiger partial charge in [0.05, 0.1) is 18.8 Å². The van der Waals surface area contributed by atoms with E-state index in [1.54, 1.807) is 18.2 Å². The van der Waals surface area contributed by atoms with Crippen LogP contribution in [-0.2, 0) is 0 Å². The minimum atomic E-state index is -1.18. The summed E-state index contributed by atoms with van der Waals surface area (Å²) in [5, 5.41) is 12.7. The minimum absolute atomic E-state index is 0.0355. The molecule has 1 aromatic carbocycles. The Kier molecular flexibility index (Phi) is 3.93. The Bertz CT molecular complexity index is 618. The Hall–Kier alpha value is -2.50. The molecular formula is C14H15NO5. The Labute approximate surface area is 115 Å². The molecule has 6 nitrogen and oxygen atoms in total. The number of carboxylic acid groups (broad SMARTS) is 1. The van der Waals surface area contributed by atoms with E-state index in [0.29, 0.717) is 22.8 Å². The Balaban J connectivity index is 2.54. The molecule has 2 rings (SSSR count). The average Bonchev–Trinajstić information content (AvgIpc) is 2.87. The number of hydrogen-bond acceptors (Lipinski definition) is 5. The van der Waals surface area contributed by atoms with Crippen LogP contribution in [0.5, 0.6) is 11.5 Å². The summed E-state index contributed by atoms with van der Waals surface area (Å²) >= 11 is 0. The summed E-state index contributed by atoms with van der Waals surface area (Å²) in [6, 6.07) is 6.65. The van der Waals surface area contributed by atoms with E-state index in [4.69, 9.17) is 19.1 Å². The molecule has 106 valence electrons. The molecule has 0 unspecified atom stereocenters. The number of aromatic nitrogens is 1. The van der Waals surface area contributed by atoms with Gasteiger partial charge in [-0.2, -0.15) is 0 Å². The van der Waals surface area contributed by atoms with Crippen molar-refractivity contribution >= 4 is 5.97 Å². The van der Waals surface area contributed by atoms with Crippen molar-refractivity contribution in [2.24, 2.45) is 0 Å². The molecule has 0 bridgehead atoms. The largest absolute Gasteiger partial charge is 0.496 e. The van der Waals surface area contributed by atoms with Crippen molar-refractivity contribution in [3.05, 3.63) is 30.0 Å². The standard InChI is InChI=1S/C14H15NO5/c1-8(2)19-11-6-4-5-10(18-3)13(11)9-7-12(14(16)17)20-15-9/h4-8H,1-3H3,(H,16,17). The van der Waals surface area contributed by atoms with E-state index in [9.17, 15) is 4.79 Å². The van der Waals surface area contributed by atoms with Gasteiger partial charge in [-0.15, -0.1) is 0 Å². The fourth-order valence-electron chi connectivity index (χ4n) is 1.78. The highest BCUT2D eigenvalue weighted by atomic mass is 16.5. The lowest BCUT2D eigenvalue weighted by atomic mass is 10.1. The van der Waals surface area contributed by atoms with Crippen LogP contribution < -0.4 is 9.47 Å². The second-order valence-corrected chi connectivity index (χ2v) is 4.38. The van der Waals surface area contributed by atoms with Crippen LogP contribution in [0, 0.1) is 0 Å². The van der Waals surface area contributed by atoms with E-state index < -0.39 is 5.97 Å². The van der Waals surface area contributed by atoms with Gasteiger partial charge < -0.3 is 19.1 Å². The van der Waals surface area contributed by atoms with Gasteiger partial charge >= 0.3 is 5.97 Å². The summed E-state index contributed by atoms with van der Waals surface area (Å²) in [5.74, 6) is -0.315. The maximum atomic E-state index is 10.9. The van der Waals surface area contributed by atoms with Gasteiger partial charge in [-0.3, -0.25) is 0 Å². The molecule has 0 aliphatic rings. The maximum Gasteiger partial charge on any atom is 0.374 e. The van der Waals surface area contributed by atoms with Crippen LogP contribution in [0.15, 0.2) is 28.8 Å². The van der Waals surface area contributed by atoms with E-state index in [1.165, 1.54) is 13.2 Å². The SMILES string of the molecule is COc1cccc(OC(C)C)c1-c1cc(C(=O)O)on1. The van der Waals surface area contributed by atoms with Crippen molar-refractivity contribution in [1.29, 1.82) is 0 Å². The van der Waals surface area contributed by atoms with Crippen LogP contribution in [0.3, 0.4) is 0 Å². The van der Waals surface area contributed by atoms with E-state index in [0.717, 1.165) is 0 Å². The zero-order valence-corrected chi connectivity index (χ0v) is 11.4. The number of hydrogen-bond donors (Lipinski definition) is 1. The molecule has 0 radical (unpaired) electrons. The summed E-state index contributed by atoms with van der Waals surface area (Å²) in [6.45, 7) is 3.80. The van der Waals surface area contributed by atoms with Gasteiger partial charge in [-0.05, 0) is 26.0 Å². The molecule has 0 saturated heterocycles. The lowest BCUT2D eigenvalue weighted by molar-refractivity contribution is 0.0652. The first-order chi connectivity index (χ1) is 9.52. The van der Waals surface area contributed by atoms with Crippen LogP contribution in [0.2, 0.25) is 0 Å². The third-order valence-corrected chi connectivity index (χ3v) is 2.55. The zero-order chi connectivity index (χ0) is 14.7. The molecule has 1 N–H and O–H groups in total. The molecule has 1 aromatic heterocycles. The Morgan fingerprint density at radius 1 is 1.35 bits per heavy atom. The number of aromatic carboxylic acids is 1. The smallest absolute Gasteiger partial charge is 0.374 e. The van der Waals surface area contributed by atoms with Crippen molar-refractivity contribution in [3.63, 3.8) is 0 Å². The number of nitrogens with zero attached hydrogens (tertiary/aromatic N) is 1. The van der Waals surface area contributed by atoms with Crippen molar-refractivity contribution in [3.8, 4) is 22.8 Å². The third-order valence-electron chi connectivity index (χ3n) is 2.55. The molecule has 0 amide bonds. The molecule has 0 saturated carbocycles. The molecule has 0 aliphatic carbocycles. The molecule has 0 atom stereocenters. The number of ether oxygens (including phenoxy) is 2.